The second-order valence-electron chi connectivity index (χ2n) is 7.83. The highest BCUT2D eigenvalue weighted by Crippen LogP contribution is 2.36. The molecule has 0 fully saturated rings. The largest absolute Gasteiger partial charge is 0.455 e. The van der Waals surface area contributed by atoms with E-state index in [0.717, 1.165) is 35.0 Å². The SMILES string of the molecule is O=C(NCc1ccncc1)c1ccc(CN2CCn3cccc3C2c2ccccc2Cl)o1. The Kier molecular flexibility index (Phi) is 5.79. The standard InChI is InChI=1S/C25H23ClN4O2/c26-21-5-2-1-4-20(21)24-22-6-3-13-29(22)14-15-30(24)17-19-7-8-23(32-19)25(31)28-16-18-9-11-27-12-10-18/h1-13,24H,14-17H2,(H,28,31). The number of rotatable bonds is 6. The normalized spacial score (nSPS) is 16.0. The van der Waals surface area contributed by atoms with E-state index in [9.17, 15) is 4.79 Å². The lowest BCUT2D eigenvalue weighted by Crippen LogP contribution is -2.38. The van der Waals surface area contributed by atoms with Crippen LogP contribution >= 0.6 is 11.6 Å². The molecule has 7 heteroatoms. The van der Waals surface area contributed by atoms with Crippen molar-refractivity contribution < 1.29 is 9.21 Å². The van der Waals surface area contributed by atoms with Gasteiger partial charge < -0.3 is 14.3 Å². The number of pyridine rings is 1. The Bertz CT molecular complexity index is 1220. The smallest absolute Gasteiger partial charge is 0.287 e. The Morgan fingerprint density at radius 1 is 1.06 bits per heavy atom. The summed E-state index contributed by atoms with van der Waals surface area (Å²) in [6, 6.07) is 19.5. The van der Waals surface area contributed by atoms with E-state index in [0.29, 0.717) is 18.8 Å². The Morgan fingerprint density at radius 3 is 2.75 bits per heavy atom. The number of carbonyl (C=O) groups excluding carboxylic acids is 1. The van der Waals surface area contributed by atoms with Crippen LogP contribution in [0.1, 0.15) is 39.2 Å². The van der Waals surface area contributed by atoms with E-state index >= 15 is 0 Å². The molecule has 1 amide bonds. The zero-order valence-corrected chi connectivity index (χ0v) is 18.2. The average Bonchev–Trinajstić information content (AvgIpc) is 3.48. The Balaban J connectivity index is 1.33. The minimum absolute atomic E-state index is 0.0153. The molecule has 32 heavy (non-hydrogen) atoms. The summed E-state index contributed by atoms with van der Waals surface area (Å²) in [6.45, 7) is 2.75. The van der Waals surface area contributed by atoms with Crippen molar-refractivity contribution in [1.82, 2.24) is 19.8 Å². The highest BCUT2D eigenvalue weighted by molar-refractivity contribution is 6.31. The number of halogens is 1. The summed E-state index contributed by atoms with van der Waals surface area (Å²) in [6.07, 6.45) is 5.52. The van der Waals surface area contributed by atoms with Crippen LogP contribution in [0.25, 0.3) is 0 Å². The molecule has 4 heterocycles. The van der Waals surface area contributed by atoms with Gasteiger partial charge in [0.25, 0.3) is 5.91 Å². The number of furan rings is 1. The first kappa shape index (κ1) is 20.5. The summed E-state index contributed by atoms with van der Waals surface area (Å²) in [4.78, 5) is 18.9. The van der Waals surface area contributed by atoms with Crippen molar-refractivity contribution in [2.24, 2.45) is 0 Å². The maximum Gasteiger partial charge on any atom is 0.287 e. The van der Waals surface area contributed by atoms with Crippen LogP contribution in [0.2, 0.25) is 5.02 Å². The molecule has 0 saturated heterocycles. The topological polar surface area (TPSA) is 63.3 Å². The van der Waals surface area contributed by atoms with Gasteiger partial charge in [0.1, 0.15) is 5.76 Å². The van der Waals surface area contributed by atoms with Gasteiger partial charge in [-0.1, -0.05) is 29.8 Å². The van der Waals surface area contributed by atoms with Crippen LogP contribution in [0.15, 0.2) is 83.7 Å². The molecule has 0 saturated carbocycles. The summed E-state index contributed by atoms with van der Waals surface area (Å²) in [7, 11) is 0. The van der Waals surface area contributed by atoms with E-state index in [1.807, 2.05) is 36.4 Å². The lowest BCUT2D eigenvalue weighted by atomic mass is 9.99. The number of fused-ring (bicyclic) bond motifs is 1. The summed E-state index contributed by atoms with van der Waals surface area (Å²) in [5.74, 6) is 0.822. The van der Waals surface area contributed by atoms with Crippen LogP contribution in [0, 0.1) is 0 Å². The van der Waals surface area contributed by atoms with Crippen LogP contribution in [-0.4, -0.2) is 26.9 Å². The molecule has 0 bridgehead atoms. The van der Waals surface area contributed by atoms with E-state index in [4.69, 9.17) is 16.0 Å². The minimum Gasteiger partial charge on any atom is -0.455 e. The quantitative estimate of drug-likeness (QED) is 0.467. The number of benzene rings is 1. The number of carbonyl (C=O) groups is 1. The zero-order chi connectivity index (χ0) is 21.9. The predicted molar refractivity (Wildman–Crippen MR) is 122 cm³/mol. The van der Waals surface area contributed by atoms with Gasteiger partial charge in [-0.2, -0.15) is 0 Å². The molecule has 1 aromatic carbocycles. The highest BCUT2D eigenvalue weighted by atomic mass is 35.5. The van der Waals surface area contributed by atoms with E-state index < -0.39 is 0 Å². The zero-order valence-electron chi connectivity index (χ0n) is 17.4. The van der Waals surface area contributed by atoms with Crippen molar-refractivity contribution in [3.63, 3.8) is 0 Å². The fraction of sp³-hybridized carbons (Fsp3) is 0.200. The molecular weight excluding hydrogens is 424 g/mol. The van der Waals surface area contributed by atoms with Crippen molar-refractivity contribution in [2.45, 2.75) is 25.7 Å². The minimum atomic E-state index is -0.233. The molecule has 162 valence electrons. The summed E-state index contributed by atoms with van der Waals surface area (Å²) in [5.41, 5.74) is 3.25. The van der Waals surface area contributed by atoms with Crippen molar-refractivity contribution in [3.05, 3.63) is 113 Å². The Morgan fingerprint density at radius 2 is 1.91 bits per heavy atom. The molecule has 5 rings (SSSR count). The van der Waals surface area contributed by atoms with E-state index in [-0.39, 0.29) is 11.9 Å². The molecule has 1 aliphatic rings. The number of nitrogens with zero attached hydrogens (tertiary/aromatic N) is 3. The summed E-state index contributed by atoms with van der Waals surface area (Å²) < 4.78 is 8.18. The van der Waals surface area contributed by atoms with Gasteiger partial charge >= 0.3 is 0 Å². The van der Waals surface area contributed by atoms with Gasteiger partial charge in [0.15, 0.2) is 5.76 Å². The highest BCUT2D eigenvalue weighted by Gasteiger charge is 2.30. The third-order valence-corrected chi connectivity index (χ3v) is 6.13. The van der Waals surface area contributed by atoms with E-state index in [1.54, 1.807) is 18.5 Å². The maximum atomic E-state index is 12.5. The van der Waals surface area contributed by atoms with Gasteiger partial charge in [0.05, 0.1) is 12.6 Å². The van der Waals surface area contributed by atoms with E-state index in [1.165, 1.54) is 5.69 Å². The lowest BCUT2D eigenvalue weighted by Gasteiger charge is -2.37. The van der Waals surface area contributed by atoms with Gasteiger partial charge in [-0.3, -0.25) is 14.7 Å². The van der Waals surface area contributed by atoms with E-state index in [2.05, 4.69) is 44.2 Å². The Labute approximate surface area is 191 Å². The fourth-order valence-corrected chi connectivity index (χ4v) is 4.45. The van der Waals surface area contributed by atoms with Crippen molar-refractivity contribution in [3.8, 4) is 0 Å². The molecule has 0 radical (unpaired) electrons. The first-order valence-corrected chi connectivity index (χ1v) is 11.0. The average molecular weight is 447 g/mol. The molecular formula is C25H23ClN4O2. The lowest BCUT2D eigenvalue weighted by molar-refractivity contribution is 0.0916. The fourth-order valence-electron chi connectivity index (χ4n) is 4.21. The second kappa shape index (κ2) is 9.02. The molecule has 1 unspecified atom stereocenters. The number of hydrogen-bond donors (Lipinski definition) is 1. The molecule has 0 aliphatic carbocycles. The Hall–Kier alpha value is -3.35. The van der Waals surface area contributed by atoms with Crippen LogP contribution < -0.4 is 5.32 Å². The van der Waals surface area contributed by atoms with Crippen molar-refractivity contribution >= 4 is 17.5 Å². The van der Waals surface area contributed by atoms with Crippen LogP contribution in [-0.2, 0) is 19.6 Å². The second-order valence-corrected chi connectivity index (χ2v) is 8.23. The van der Waals surface area contributed by atoms with Gasteiger partial charge in [0.2, 0.25) is 0 Å². The van der Waals surface area contributed by atoms with Gasteiger partial charge in [0, 0.05) is 48.9 Å². The number of nitrogens with one attached hydrogen (secondary N) is 1. The third-order valence-electron chi connectivity index (χ3n) is 5.78. The summed E-state index contributed by atoms with van der Waals surface area (Å²) in [5, 5.41) is 3.63. The molecule has 1 atom stereocenters. The number of aromatic nitrogens is 2. The molecule has 0 spiro atoms. The van der Waals surface area contributed by atoms with Crippen molar-refractivity contribution in [2.75, 3.05) is 6.54 Å². The molecule has 3 aromatic heterocycles. The molecule has 4 aromatic rings. The van der Waals surface area contributed by atoms with Crippen LogP contribution in [0.4, 0.5) is 0 Å². The monoisotopic (exact) mass is 446 g/mol. The van der Waals surface area contributed by atoms with Crippen molar-refractivity contribution in [1.29, 1.82) is 0 Å². The molecule has 1 aliphatic heterocycles. The molecule has 6 nitrogen and oxygen atoms in total. The third kappa shape index (κ3) is 4.20. The van der Waals surface area contributed by atoms with Gasteiger partial charge in [-0.15, -0.1) is 0 Å². The predicted octanol–water partition coefficient (Wildman–Crippen LogP) is 4.66. The first-order chi connectivity index (χ1) is 15.7. The van der Waals surface area contributed by atoms with Crippen LogP contribution in [0.3, 0.4) is 0 Å². The maximum absolute atomic E-state index is 12.5. The van der Waals surface area contributed by atoms with Gasteiger partial charge in [-0.05, 0) is 53.6 Å². The summed E-state index contributed by atoms with van der Waals surface area (Å²) >= 11 is 6.57. The van der Waals surface area contributed by atoms with Gasteiger partial charge in [-0.25, -0.2) is 0 Å². The molecule has 1 N–H and O–H groups in total. The number of hydrogen-bond acceptors (Lipinski definition) is 4. The van der Waals surface area contributed by atoms with Crippen LogP contribution in [0.5, 0.6) is 0 Å². The first-order valence-electron chi connectivity index (χ1n) is 10.6. The number of amides is 1.